The van der Waals surface area contributed by atoms with Crippen LogP contribution in [0.3, 0.4) is 0 Å². The van der Waals surface area contributed by atoms with Crippen LogP contribution >= 0.6 is 0 Å². The molecular formula is C13H23NO4. The van der Waals surface area contributed by atoms with E-state index in [1.54, 1.807) is 0 Å². The third kappa shape index (κ3) is 4.29. The highest BCUT2D eigenvalue weighted by atomic mass is 16.4. The Kier molecular flexibility index (Phi) is 5.14. The van der Waals surface area contributed by atoms with Crippen LogP contribution in [-0.4, -0.2) is 34.2 Å². The second-order valence-electron chi connectivity index (χ2n) is 5.75. The Morgan fingerprint density at radius 3 is 2.44 bits per heavy atom. The van der Waals surface area contributed by atoms with Crippen LogP contribution in [0.25, 0.3) is 0 Å². The summed E-state index contributed by atoms with van der Waals surface area (Å²) in [7, 11) is 0. The summed E-state index contributed by atoms with van der Waals surface area (Å²) in [5.41, 5.74) is -0.442. The molecule has 104 valence electrons. The number of aliphatic hydroxyl groups is 1. The third-order valence-corrected chi connectivity index (χ3v) is 3.59. The fourth-order valence-electron chi connectivity index (χ4n) is 2.43. The van der Waals surface area contributed by atoms with Crippen LogP contribution in [-0.2, 0) is 9.59 Å². The van der Waals surface area contributed by atoms with Crippen LogP contribution in [0.15, 0.2) is 0 Å². The van der Waals surface area contributed by atoms with E-state index in [1.807, 2.05) is 13.8 Å². The first kappa shape index (κ1) is 15.0. The van der Waals surface area contributed by atoms with Gasteiger partial charge in [-0.25, -0.2) is 0 Å². The predicted molar refractivity (Wildman–Crippen MR) is 67.0 cm³/mol. The standard InChI is InChI=1S/C13H23NO4/c1-13(2,6-7-15)14-11(16)9-4-3-5-10(8-9)12(17)18/h9-10,15H,3-8H2,1-2H3,(H,14,16)(H,17,18). The maximum Gasteiger partial charge on any atom is 0.306 e. The summed E-state index contributed by atoms with van der Waals surface area (Å²) in [6.45, 7) is 3.74. The number of aliphatic hydroxyl groups excluding tert-OH is 1. The van der Waals surface area contributed by atoms with E-state index in [4.69, 9.17) is 10.2 Å². The first-order valence-electron chi connectivity index (χ1n) is 6.51. The zero-order chi connectivity index (χ0) is 13.8. The van der Waals surface area contributed by atoms with Gasteiger partial charge < -0.3 is 15.5 Å². The molecule has 1 saturated carbocycles. The lowest BCUT2D eigenvalue weighted by atomic mass is 9.80. The average Bonchev–Trinajstić information content (AvgIpc) is 2.28. The largest absolute Gasteiger partial charge is 0.481 e. The van der Waals surface area contributed by atoms with Crippen LogP contribution in [0.2, 0.25) is 0 Å². The zero-order valence-corrected chi connectivity index (χ0v) is 11.1. The number of carbonyl (C=O) groups is 2. The molecule has 0 saturated heterocycles. The van der Waals surface area contributed by atoms with Crippen molar-refractivity contribution >= 4 is 11.9 Å². The van der Waals surface area contributed by atoms with Gasteiger partial charge in [0.1, 0.15) is 0 Å². The number of nitrogens with one attached hydrogen (secondary N) is 1. The molecule has 0 bridgehead atoms. The van der Waals surface area contributed by atoms with E-state index < -0.39 is 17.4 Å². The van der Waals surface area contributed by atoms with Crippen LogP contribution < -0.4 is 5.32 Å². The Labute approximate surface area is 108 Å². The summed E-state index contributed by atoms with van der Waals surface area (Å²) in [5.74, 6) is -1.49. The minimum absolute atomic E-state index is 0.0235. The molecule has 1 aliphatic rings. The maximum absolute atomic E-state index is 12.1. The highest BCUT2D eigenvalue weighted by Crippen LogP contribution is 2.29. The average molecular weight is 257 g/mol. The van der Waals surface area contributed by atoms with Crippen molar-refractivity contribution in [1.82, 2.24) is 5.32 Å². The highest BCUT2D eigenvalue weighted by molar-refractivity contribution is 5.80. The fraction of sp³-hybridized carbons (Fsp3) is 0.846. The van der Waals surface area contributed by atoms with Gasteiger partial charge in [-0.2, -0.15) is 0 Å². The van der Waals surface area contributed by atoms with Gasteiger partial charge in [-0.1, -0.05) is 6.42 Å². The van der Waals surface area contributed by atoms with Crippen LogP contribution in [0.5, 0.6) is 0 Å². The molecule has 2 atom stereocenters. The maximum atomic E-state index is 12.1. The number of carboxylic acid groups (broad SMARTS) is 1. The molecule has 0 aromatic rings. The van der Waals surface area contributed by atoms with Gasteiger partial charge in [-0.05, 0) is 39.5 Å². The van der Waals surface area contributed by atoms with Gasteiger partial charge in [0.05, 0.1) is 5.92 Å². The number of aliphatic carboxylic acids is 1. The molecule has 0 aromatic carbocycles. The van der Waals surface area contributed by atoms with E-state index in [9.17, 15) is 9.59 Å². The lowest BCUT2D eigenvalue weighted by molar-refractivity contribution is -0.144. The third-order valence-electron chi connectivity index (χ3n) is 3.59. The summed E-state index contributed by atoms with van der Waals surface area (Å²) in [4.78, 5) is 23.0. The molecule has 0 heterocycles. The summed E-state index contributed by atoms with van der Waals surface area (Å²) in [5, 5.41) is 20.8. The van der Waals surface area contributed by atoms with Gasteiger partial charge in [0, 0.05) is 18.1 Å². The van der Waals surface area contributed by atoms with E-state index >= 15 is 0 Å². The van der Waals surface area contributed by atoms with E-state index in [1.165, 1.54) is 0 Å². The van der Waals surface area contributed by atoms with Crippen molar-refractivity contribution in [2.75, 3.05) is 6.61 Å². The van der Waals surface area contributed by atoms with Gasteiger partial charge in [-0.15, -0.1) is 0 Å². The first-order chi connectivity index (χ1) is 8.35. The molecule has 3 N–H and O–H groups in total. The van der Waals surface area contributed by atoms with E-state index in [2.05, 4.69) is 5.32 Å². The van der Waals surface area contributed by atoms with Gasteiger partial charge in [0.15, 0.2) is 0 Å². The number of hydrogen-bond donors (Lipinski definition) is 3. The molecular weight excluding hydrogens is 234 g/mol. The molecule has 0 aliphatic heterocycles. The van der Waals surface area contributed by atoms with E-state index in [0.29, 0.717) is 19.3 Å². The van der Waals surface area contributed by atoms with Crippen LogP contribution in [0.1, 0.15) is 46.0 Å². The highest BCUT2D eigenvalue weighted by Gasteiger charge is 2.32. The van der Waals surface area contributed by atoms with Gasteiger partial charge >= 0.3 is 5.97 Å². The molecule has 1 aliphatic carbocycles. The molecule has 5 heteroatoms. The fourth-order valence-corrected chi connectivity index (χ4v) is 2.43. The molecule has 0 aromatic heterocycles. The number of carbonyl (C=O) groups excluding carboxylic acids is 1. The van der Waals surface area contributed by atoms with Gasteiger partial charge in [0.2, 0.25) is 5.91 Å². The Morgan fingerprint density at radius 1 is 1.28 bits per heavy atom. The van der Waals surface area contributed by atoms with Crippen molar-refractivity contribution in [3.8, 4) is 0 Å². The second kappa shape index (κ2) is 6.18. The number of carboxylic acids is 1. The molecule has 18 heavy (non-hydrogen) atoms. The Balaban J connectivity index is 2.53. The molecule has 5 nitrogen and oxygen atoms in total. The SMILES string of the molecule is CC(C)(CCO)NC(=O)C1CCCC(C(=O)O)C1. The lowest BCUT2D eigenvalue weighted by Crippen LogP contribution is -2.47. The number of amides is 1. The molecule has 0 radical (unpaired) electrons. The Bertz CT molecular complexity index is 314. The normalized spacial score (nSPS) is 24.6. The number of rotatable bonds is 5. The number of hydrogen-bond acceptors (Lipinski definition) is 3. The van der Waals surface area contributed by atoms with Crippen molar-refractivity contribution in [2.45, 2.75) is 51.5 Å². The summed E-state index contributed by atoms with van der Waals surface area (Å²) in [6.07, 6.45) is 3.13. The first-order valence-corrected chi connectivity index (χ1v) is 6.51. The molecule has 1 rings (SSSR count). The molecule has 2 unspecified atom stereocenters. The van der Waals surface area contributed by atoms with E-state index in [-0.39, 0.29) is 18.4 Å². The van der Waals surface area contributed by atoms with Crippen LogP contribution in [0.4, 0.5) is 0 Å². The minimum Gasteiger partial charge on any atom is -0.481 e. The Hall–Kier alpha value is -1.10. The quantitative estimate of drug-likeness (QED) is 0.689. The van der Waals surface area contributed by atoms with Crippen molar-refractivity contribution in [3.05, 3.63) is 0 Å². The van der Waals surface area contributed by atoms with Crippen molar-refractivity contribution in [1.29, 1.82) is 0 Å². The monoisotopic (exact) mass is 257 g/mol. The zero-order valence-electron chi connectivity index (χ0n) is 11.1. The summed E-state index contributed by atoms with van der Waals surface area (Å²) >= 11 is 0. The van der Waals surface area contributed by atoms with Crippen molar-refractivity contribution < 1.29 is 19.8 Å². The van der Waals surface area contributed by atoms with Gasteiger partial charge in [-0.3, -0.25) is 9.59 Å². The topological polar surface area (TPSA) is 86.6 Å². The Morgan fingerprint density at radius 2 is 1.89 bits per heavy atom. The summed E-state index contributed by atoms with van der Waals surface area (Å²) < 4.78 is 0. The smallest absolute Gasteiger partial charge is 0.306 e. The van der Waals surface area contributed by atoms with E-state index in [0.717, 1.165) is 12.8 Å². The van der Waals surface area contributed by atoms with Gasteiger partial charge in [0.25, 0.3) is 0 Å². The molecule has 1 amide bonds. The predicted octanol–water partition coefficient (Wildman–Crippen LogP) is 1.15. The van der Waals surface area contributed by atoms with Crippen molar-refractivity contribution in [2.24, 2.45) is 11.8 Å². The molecule has 0 spiro atoms. The minimum atomic E-state index is -0.804. The molecule has 1 fully saturated rings. The summed E-state index contributed by atoms with van der Waals surface area (Å²) in [6, 6.07) is 0. The van der Waals surface area contributed by atoms with Crippen molar-refractivity contribution in [3.63, 3.8) is 0 Å². The van der Waals surface area contributed by atoms with Crippen LogP contribution in [0, 0.1) is 11.8 Å². The second-order valence-corrected chi connectivity index (χ2v) is 5.75. The lowest BCUT2D eigenvalue weighted by Gasteiger charge is -2.31.